The van der Waals surface area contributed by atoms with Crippen LogP contribution in [0.25, 0.3) is 27.6 Å². The van der Waals surface area contributed by atoms with E-state index < -0.39 is 0 Å². The number of hydrogen-bond acceptors (Lipinski definition) is 3. The van der Waals surface area contributed by atoms with Gasteiger partial charge in [0, 0.05) is 11.6 Å². The molecule has 4 rings (SSSR count). The van der Waals surface area contributed by atoms with Gasteiger partial charge >= 0.3 is 0 Å². The van der Waals surface area contributed by atoms with Crippen LogP contribution in [0.3, 0.4) is 0 Å². The van der Waals surface area contributed by atoms with Crippen molar-refractivity contribution in [3.63, 3.8) is 0 Å². The Kier molecular flexibility index (Phi) is 2.50. The zero-order chi connectivity index (χ0) is 13.5. The van der Waals surface area contributed by atoms with Crippen LogP contribution in [0.2, 0.25) is 0 Å². The third-order valence-corrected chi connectivity index (χ3v) is 3.71. The predicted octanol–water partition coefficient (Wildman–Crippen LogP) is 3.86. The zero-order valence-electron chi connectivity index (χ0n) is 10.6. The fourth-order valence-corrected chi connectivity index (χ4v) is 2.84. The van der Waals surface area contributed by atoms with Crippen LogP contribution >= 0.6 is 12.6 Å². The van der Waals surface area contributed by atoms with Crippen molar-refractivity contribution < 1.29 is 0 Å². The normalized spacial score (nSPS) is 11.2. The molecule has 2 heterocycles. The molecule has 0 radical (unpaired) electrons. The van der Waals surface area contributed by atoms with E-state index in [0.29, 0.717) is 5.16 Å². The Labute approximate surface area is 121 Å². The Morgan fingerprint density at radius 1 is 0.900 bits per heavy atom. The van der Waals surface area contributed by atoms with E-state index in [9.17, 15) is 0 Å². The number of aromatic nitrogens is 3. The van der Waals surface area contributed by atoms with Crippen LogP contribution in [-0.2, 0) is 0 Å². The van der Waals surface area contributed by atoms with Gasteiger partial charge in [0.2, 0.25) is 0 Å². The molecule has 0 unspecified atom stereocenters. The first-order chi connectivity index (χ1) is 9.84. The predicted molar refractivity (Wildman–Crippen MR) is 83.6 cm³/mol. The SMILES string of the molecule is Sc1nc2cccnc2n1-c1cccc2ccccc12. The molecule has 3 nitrogen and oxygen atoms in total. The highest BCUT2D eigenvalue weighted by molar-refractivity contribution is 7.80. The van der Waals surface area contributed by atoms with Gasteiger partial charge in [-0.2, -0.15) is 0 Å². The van der Waals surface area contributed by atoms with Crippen molar-refractivity contribution in [2.45, 2.75) is 5.16 Å². The van der Waals surface area contributed by atoms with E-state index in [-0.39, 0.29) is 0 Å². The lowest BCUT2D eigenvalue weighted by Crippen LogP contribution is -1.97. The molecular formula is C16H11N3S. The average Bonchev–Trinajstić information content (AvgIpc) is 2.82. The fraction of sp³-hybridized carbons (Fsp3) is 0. The van der Waals surface area contributed by atoms with Crippen LogP contribution in [0, 0.1) is 0 Å². The third-order valence-electron chi connectivity index (χ3n) is 3.41. The Morgan fingerprint density at radius 2 is 1.75 bits per heavy atom. The first-order valence-corrected chi connectivity index (χ1v) is 6.80. The third kappa shape index (κ3) is 1.62. The summed E-state index contributed by atoms with van der Waals surface area (Å²) < 4.78 is 1.99. The highest BCUT2D eigenvalue weighted by atomic mass is 32.1. The summed E-state index contributed by atoms with van der Waals surface area (Å²) in [5, 5.41) is 3.00. The number of hydrogen-bond donors (Lipinski definition) is 1. The molecule has 0 amide bonds. The molecule has 2 aromatic carbocycles. The molecule has 96 valence electrons. The molecule has 0 aliphatic heterocycles. The summed E-state index contributed by atoms with van der Waals surface area (Å²) in [6.45, 7) is 0. The minimum Gasteiger partial charge on any atom is -0.271 e. The van der Waals surface area contributed by atoms with Crippen LogP contribution in [0.15, 0.2) is 66.0 Å². The maximum Gasteiger partial charge on any atom is 0.171 e. The molecule has 20 heavy (non-hydrogen) atoms. The molecule has 4 heteroatoms. The maximum atomic E-state index is 4.51. The van der Waals surface area contributed by atoms with Gasteiger partial charge in [0.15, 0.2) is 10.8 Å². The summed E-state index contributed by atoms with van der Waals surface area (Å²) in [7, 11) is 0. The fourth-order valence-electron chi connectivity index (χ4n) is 2.53. The highest BCUT2D eigenvalue weighted by Crippen LogP contribution is 2.27. The monoisotopic (exact) mass is 277 g/mol. The van der Waals surface area contributed by atoms with E-state index >= 15 is 0 Å². The molecule has 4 aromatic rings. The van der Waals surface area contributed by atoms with Gasteiger partial charge in [-0.25, -0.2) is 9.97 Å². The second-order valence-electron chi connectivity index (χ2n) is 4.59. The summed E-state index contributed by atoms with van der Waals surface area (Å²) in [5.41, 5.74) is 2.73. The molecule has 0 spiro atoms. The van der Waals surface area contributed by atoms with Crippen molar-refractivity contribution in [3.05, 3.63) is 60.8 Å². The van der Waals surface area contributed by atoms with Crippen molar-refractivity contribution >= 4 is 34.6 Å². The molecule has 0 bridgehead atoms. The Bertz CT molecular complexity index is 922. The van der Waals surface area contributed by atoms with E-state index in [4.69, 9.17) is 0 Å². The lowest BCUT2D eigenvalue weighted by Gasteiger charge is -2.09. The topological polar surface area (TPSA) is 30.7 Å². The van der Waals surface area contributed by atoms with Crippen molar-refractivity contribution in [2.75, 3.05) is 0 Å². The molecule has 0 atom stereocenters. The first kappa shape index (κ1) is 11.5. The van der Waals surface area contributed by atoms with Gasteiger partial charge < -0.3 is 0 Å². The quantitative estimate of drug-likeness (QED) is 0.535. The second kappa shape index (κ2) is 4.35. The van der Waals surface area contributed by atoms with Crippen molar-refractivity contribution in [3.8, 4) is 5.69 Å². The van der Waals surface area contributed by atoms with E-state index in [1.54, 1.807) is 6.20 Å². The second-order valence-corrected chi connectivity index (χ2v) is 4.99. The molecule has 0 fully saturated rings. The van der Waals surface area contributed by atoms with Crippen molar-refractivity contribution in [2.24, 2.45) is 0 Å². The summed E-state index contributed by atoms with van der Waals surface area (Å²) >= 11 is 4.51. The smallest absolute Gasteiger partial charge is 0.171 e. The first-order valence-electron chi connectivity index (χ1n) is 6.35. The Hall–Kier alpha value is -2.33. The Morgan fingerprint density at radius 3 is 2.70 bits per heavy atom. The number of benzene rings is 2. The van der Waals surface area contributed by atoms with Gasteiger partial charge in [-0.3, -0.25) is 4.57 Å². The van der Waals surface area contributed by atoms with E-state index in [1.165, 1.54) is 5.39 Å². The minimum absolute atomic E-state index is 0.648. The molecule has 0 aliphatic rings. The van der Waals surface area contributed by atoms with Crippen molar-refractivity contribution in [1.82, 2.24) is 14.5 Å². The van der Waals surface area contributed by atoms with Crippen LogP contribution in [0.4, 0.5) is 0 Å². The molecular weight excluding hydrogens is 266 g/mol. The van der Waals surface area contributed by atoms with Gasteiger partial charge in [0.05, 0.1) is 5.69 Å². The molecule has 2 aromatic heterocycles. The maximum absolute atomic E-state index is 4.51. The molecule has 0 saturated carbocycles. The average molecular weight is 277 g/mol. The summed E-state index contributed by atoms with van der Waals surface area (Å²) in [6.07, 6.45) is 1.78. The van der Waals surface area contributed by atoms with Crippen LogP contribution < -0.4 is 0 Å². The number of rotatable bonds is 1. The lowest BCUT2D eigenvalue weighted by molar-refractivity contribution is 0.922. The van der Waals surface area contributed by atoms with Gasteiger partial charge in [-0.15, -0.1) is 12.6 Å². The highest BCUT2D eigenvalue weighted by Gasteiger charge is 2.12. The zero-order valence-corrected chi connectivity index (χ0v) is 11.5. The molecule has 0 N–H and O–H groups in total. The lowest BCUT2D eigenvalue weighted by atomic mass is 10.1. The summed E-state index contributed by atoms with van der Waals surface area (Å²) in [6, 6.07) is 18.3. The van der Waals surface area contributed by atoms with Gasteiger partial charge in [-0.1, -0.05) is 36.4 Å². The number of fused-ring (bicyclic) bond motifs is 2. The van der Waals surface area contributed by atoms with Gasteiger partial charge in [0.25, 0.3) is 0 Å². The standard InChI is InChI=1S/C16H11N3S/c20-16-18-13-8-4-10-17-15(13)19(16)14-9-3-6-11-5-1-2-7-12(11)14/h1-10H,(H,18,20). The Balaban J connectivity index is 2.14. The summed E-state index contributed by atoms with van der Waals surface area (Å²) in [4.78, 5) is 8.90. The van der Waals surface area contributed by atoms with Crippen molar-refractivity contribution in [1.29, 1.82) is 0 Å². The molecule has 0 saturated heterocycles. The number of thiol groups is 1. The van der Waals surface area contributed by atoms with Gasteiger partial charge in [-0.05, 0) is 23.6 Å². The molecule has 0 aliphatic carbocycles. The number of pyridine rings is 1. The largest absolute Gasteiger partial charge is 0.271 e. The van der Waals surface area contributed by atoms with Crippen LogP contribution in [0.1, 0.15) is 0 Å². The van der Waals surface area contributed by atoms with E-state index in [0.717, 1.165) is 22.2 Å². The van der Waals surface area contributed by atoms with Crippen LogP contribution in [0.5, 0.6) is 0 Å². The minimum atomic E-state index is 0.648. The number of imidazole rings is 1. The summed E-state index contributed by atoms with van der Waals surface area (Å²) in [5.74, 6) is 0. The number of nitrogens with zero attached hydrogens (tertiary/aromatic N) is 3. The van der Waals surface area contributed by atoms with E-state index in [1.807, 2.05) is 34.9 Å². The van der Waals surface area contributed by atoms with E-state index in [2.05, 4.69) is 46.9 Å². The van der Waals surface area contributed by atoms with Crippen LogP contribution in [-0.4, -0.2) is 14.5 Å². The van der Waals surface area contributed by atoms with Gasteiger partial charge in [0.1, 0.15) is 5.52 Å².